The van der Waals surface area contributed by atoms with Crippen molar-refractivity contribution in [1.29, 1.82) is 0 Å². The fourth-order valence-electron chi connectivity index (χ4n) is 1.35. The van der Waals surface area contributed by atoms with E-state index < -0.39 is 16.7 Å². The van der Waals surface area contributed by atoms with Gasteiger partial charge in [0.15, 0.2) is 0 Å². The molecule has 0 saturated heterocycles. The van der Waals surface area contributed by atoms with Gasteiger partial charge in [0, 0.05) is 9.95 Å². The van der Waals surface area contributed by atoms with Gasteiger partial charge in [-0.2, -0.15) is 0 Å². The van der Waals surface area contributed by atoms with Crippen molar-refractivity contribution in [3.05, 3.63) is 38.9 Å². The van der Waals surface area contributed by atoms with Gasteiger partial charge >= 0.3 is 6.04 Å². The summed E-state index contributed by atoms with van der Waals surface area (Å²) in [7, 11) is 0. The Morgan fingerprint density at radius 1 is 1.47 bits per heavy atom. The van der Waals surface area contributed by atoms with E-state index in [1.807, 2.05) is 0 Å². The van der Waals surface area contributed by atoms with E-state index >= 15 is 0 Å². The van der Waals surface area contributed by atoms with Crippen LogP contribution in [0.3, 0.4) is 0 Å². The Morgan fingerprint density at radius 2 is 2.20 bits per heavy atom. The molecule has 0 radical (unpaired) electrons. The minimum absolute atomic E-state index is 0.201. The topological polar surface area (TPSA) is 72.6 Å². The number of ketones is 1. The third-order valence-electron chi connectivity index (χ3n) is 2.07. The number of halogens is 1. The molecule has 15 heavy (non-hydrogen) atoms. The van der Waals surface area contributed by atoms with E-state index in [4.69, 9.17) is 11.6 Å². The lowest BCUT2D eigenvalue weighted by atomic mass is 10.0. The molecule has 0 spiro atoms. The Balaban J connectivity index is 2.53. The molecule has 1 aliphatic heterocycles. The number of hydrogen-bond acceptors (Lipinski definition) is 4. The molecule has 2 rings (SSSR count). The second kappa shape index (κ2) is 3.43. The third kappa shape index (κ3) is 1.61. The van der Waals surface area contributed by atoms with Gasteiger partial charge < -0.3 is 0 Å². The molecule has 0 amide bonds. The number of benzene rings is 1. The summed E-state index contributed by atoms with van der Waals surface area (Å²) in [6.45, 7) is 0. The van der Waals surface area contributed by atoms with Crippen LogP contribution < -0.4 is 0 Å². The Labute approximate surface area is 89.5 Å². The fraction of sp³-hybridized carbons (Fsp3) is 0.111. The van der Waals surface area contributed by atoms with E-state index in [9.17, 15) is 14.9 Å². The molecule has 0 fully saturated rings. The summed E-state index contributed by atoms with van der Waals surface area (Å²) in [5, 5.41) is 10.9. The molecular formula is C9H5ClN2O3. The van der Waals surface area contributed by atoms with Gasteiger partial charge in [0.1, 0.15) is 0 Å². The third-order valence-corrected chi connectivity index (χ3v) is 2.31. The van der Waals surface area contributed by atoms with Gasteiger partial charge in [-0.15, -0.1) is 0 Å². The van der Waals surface area contributed by atoms with E-state index in [0.29, 0.717) is 10.7 Å². The lowest BCUT2D eigenvalue weighted by Gasteiger charge is -2.11. The Bertz CT molecular complexity index is 484. The van der Waals surface area contributed by atoms with Gasteiger partial charge in [0.05, 0.1) is 17.5 Å². The summed E-state index contributed by atoms with van der Waals surface area (Å²) in [5.41, 5.74) is 0.620. The highest BCUT2D eigenvalue weighted by molar-refractivity contribution is 6.31. The lowest BCUT2D eigenvalue weighted by Crippen LogP contribution is -2.33. The van der Waals surface area contributed by atoms with Crippen LogP contribution in [-0.2, 0) is 0 Å². The highest BCUT2D eigenvalue weighted by Gasteiger charge is 2.33. The smallest absolute Gasteiger partial charge is 0.286 e. The zero-order valence-electron chi connectivity index (χ0n) is 7.38. The lowest BCUT2D eigenvalue weighted by molar-refractivity contribution is -0.485. The Hall–Kier alpha value is -1.75. The van der Waals surface area contributed by atoms with E-state index in [-0.39, 0.29) is 5.56 Å². The quantitative estimate of drug-likeness (QED) is 0.540. The van der Waals surface area contributed by atoms with Crippen molar-refractivity contribution >= 4 is 29.3 Å². The molecule has 0 bridgehead atoms. The van der Waals surface area contributed by atoms with E-state index in [1.165, 1.54) is 6.07 Å². The molecule has 1 aromatic rings. The van der Waals surface area contributed by atoms with Crippen LogP contribution in [0.25, 0.3) is 0 Å². The monoisotopic (exact) mass is 224 g/mol. The maximum Gasteiger partial charge on any atom is 0.309 e. The number of nitro groups is 1. The maximum absolute atomic E-state index is 11.6. The van der Waals surface area contributed by atoms with Gasteiger partial charge in [-0.1, -0.05) is 11.6 Å². The number of carbonyl (C=O) groups is 1. The van der Waals surface area contributed by atoms with Crippen LogP contribution in [0, 0.1) is 10.1 Å². The van der Waals surface area contributed by atoms with Crippen LogP contribution in [0.15, 0.2) is 23.2 Å². The van der Waals surface area contributed by atoms with Crippen LogP contribution in [0.5, 0.6) is 0 Å². The summed E-state index contributed by atoms with van der Waals surface area (Å²) in [6, 6.07) is 3.14. The molecule has 1 atom stereocenters. The molecule has 1 aliphatic rings. The van der Waals surface area contributed by atoms with Crippen LogP contribution in [0.2, 0.25) is 5.02 Å². The molecule has 6 heteroatoms. The zero-order chi connectivity index (χ0) is 11.0. The number of hydrogen-bond donors (Lipinski definition) is 0. The number of fused-ring (bicyclic) bond motifs is 1. The minimum Gasteiger partial charge on any atom is -0.286 e. The highest BCUT2D eigenvalue weighted by Crippen LogP contribution is 2.27. The van der Waals surface area contributed by atoms with Crippen molar-refractivity contribution in [3.63, 3.8) is 0 Å². The second-order valence-electron chi connectivity index (χ2n) is 3.03. The number of Topliss-reactive ketones (excluding diaryl/α,β-unsaturated/α-hetero) is 1. The molecule has 5 nitrogen and oxygen atoms in total. The average molecular weight is 225 g/mol. The largest absolute Gasteiger partial charge is 0.309 e. The van der Waals surface area contributed by atoms with E-state index in [0.717, 1.165) is 6.21 Å². The minimum atomic E-state index is -1.39. The number of rotatable bonds is 1. The van der Waals surface area contributed by atoms with Crippen LogP contribution in [0.1, 0.15) is 10.4 Å². The first-order valence-electron chi connectivity index (χ1n) is 4.11. The first kappa shape index (κ1) is 9.79. The molecule has 1 aromatic carbocycles. The molecule has 1 heterocycles. The summed E-state index contributed by atoms with van der Waals surface area (Å²) in [5.74, 6) is -0.576. The average Bonchev–Trinajstić information content (AvgIpc) is 2.19. The number of nitrogens with zero attached hydrogens (tertiary/aromatic N) is 2. The SMILES string of the molecule is O=C1c2cc(Cl)ccc2N=CC1[N+](=O)[O-]. The normalized spacial score (nSPS) is 18.7. The van der Waals surface area contributed by atoms with Crippen LogP contribution >= 0.6 is 11.6 Å². The van der Waals surface area contributed by atoms with E-state index in [2.05, 4.69) is 4.99 Å². The molecule has 76 valence electrons. The molecule has 1 unspecified atom stereocenters. The zero-order valence-corrected chi connectivity index (χ0v) is 8.14. The molecule has 0 aromatic heterocycles. The predicted octanol–water partition coefficient (Wildman–Crippen LogP) is 1.88. The van der Waals surface area contributed by atoms with Crippen molar-refractivity contribution in [3.8, 4) is 0 Å². The molecule has 0 saturated carbocycles. The van der Waals surface area contributed by atoms with Gasteiger partial charge in [0.25, 0.3) is 0 Å². The van der Waals surface area contributed by atoms with Gasteiger partial charge in [-0.25, -0.2) is 0 Å². The Kier molecular flexibility index (Phi) is 2.24. The van der Waals surface area contributed by atoms with Gasteiger partial charge in [0.2, 0.25) is 5.78 Å². The summed E-state index contributed by atoms with van der Waals surface area (Å²) >= 11 is 5.70. The standard InChI is InChI=1S/C9H5ClN2O3/c10-5-1-2-7-6(3-5)9(13)8(4-11-7)12(14)15/h1-4,8H. The number of carbonyl (C=O) groups excluding carboxylic acids is 1. The van der Waals surface area contributed by atoms with Crippen molar-refractivity contribution in [2.45, 2.75) is 6.04 Å². The van der Waals surface area contributed by atoms with Crippen molar-refractivity contribution in [1.82, 2.24) is 0 Å². The van der Waals surface area contributed by atoms with Crippen molar-refractivity contribution < 1.29 is 9.72 Å². The van der Waals surface area contributed by atoms with Gasteiger partial charge in [-0.05, 0) is 18.2 Å². The highest BCUT2D eigenvalue weighted by atomic mass is 35.5. The molecule has 0 aliphatic carbocycles. The molecular weight excluding hydrogens is 220 g/mol. The Morgan fingerprint density at radius 3 is 2.87 bits per heavy atom. The van der Waals surface area contributed by atoms with Gasteiger partial charge in [-0.3, -0.25) is 19.9 Å². The summed E-state index contributed by atoms with van der Waals surface area (Å²) in [4.78, 5) is 25.3. The van der Waals surface area contributed by atoms with Crippen molar-refractivity contribution in [2.24, 2.45) is 4.99 Å². The summed E-state index contributed by atoms with van der Waals surface area (Å²) < 4.78 is 0. The first-order valence-corrected chi connectivity index (χ1v) is 4.49. The van der Waals surface area contributed by atoms with E-state index in [1.54, 1.807) is 12.1 Å². The number of aliphatic imine (C=N–C) groups is 1. The summed E-state index contributed by atoms with van der Waals surface area (Å²) in [6.07, 6.45) is 1.04. The second-order valence-corrected chi connectivity index (χ2v) is 3.47. The van der Waals surface area contributed by atoms with Crippen LogP contribution in [-0.4, -0.2) is 23.0 Å². The first-order chi connectivity index (χ1) is 7.09. The van der Waals surface area contributed by atoms with Crippen LogP contribution in [0.4, 0.5) is 5.69 Å². The maximum atomic E-state index is 11.6. The molecule has 0 N–H and O–H groups in total. The fourth-order valence-corrected chi connectivity index (χ4v) is 1.52. The van der Waals surface area contributed by atoms with Crippen molar-refractivity contribution in [2.75, 3.05) is 0 Å². The predicted molar refractivity (Wildman–Crippen MR) is 54.7 cm³/mol.